The fourth-order valence-electron chi connectivity index (χ4n) is 3.48. The molecule has 1 unspecified atom stereocenters. The number of unbranched alkanes of at least 4 members (excludes halogenated alkanes) is 1. The summed E-state index contributed by atoms with van der Waals surface area (Å²) < 4.78 is 27.2. The maximum atomic E-state index is 13.6. The van der Waals surface area contributed by atoms with Crippen LogP contribution in [0.4, 0.5) is 5.69 Å². The Kier molecular flexibility index (Phi) is 11.6. The summed E-state index contributed by atoms with van der Waals surface area (Å²) in [6, 6.07) is 11.0. The van der Waals surface area contributed by atoms with Crippen LogP contribution in [-0.2, 0) is 26.2 Å². The molecule has 0 heterocycles. The van der Waals surface area contributed by atoms with Crippen LogP contribution in [0.15, 0.2) is 42.5 Å². The number of carbonyl (C=O) groups is 2. The van der Waals surface area contributed by atoms with Crippen molar-refractivity contribution >= 4 is 73.3 Å². The van der Waals surface area contributed by atoms with E-state index in [-0.39, 0.29) is 12.5 Å². The monoisotopic (exact) mass is 653 g/mol. The molecule has 2 aromatic rings. The van der Waals surface area contributed by atoms with Crippen molar-refractivity contribution in [3.05, 3.63) is 61.6 Å². The molecule has 0 aliphatic heterocycles. The summed E-state index contributed by atoms with van der Waals surface area (Å²) in [5, 5.41) is 3.59. The zero-order valence-corrected chi connectivity index (χ0v) is 24.4. The number of rotatable bonds is 12. The number of halogens is 3. The molecule has 2 aromatic carbocycles. The van der Waals surface area contributed by atoms with Gasteiger partial charge in [-0.3, -0.25) is 13.9 Å². The van der Waals surface area contributed by atoms with Crippen LogP contribution in [0, 0.1) is 3.57 Å². The van der Waals surface area contributed by atoms with Gasteiger partial charge in [0.15, 0.2) is 0 Å². The Morgan fingerprint density at radius 2 is 1.71 bits per heavy atom. The minimum Gasteiger partial charge on any atom is -0.354 e. The molecule has 0 radical (unpaired) electrons. The number of anilines is 1. The van der Waals surface area contributed by atoms with E-state index in [4.69, 9.17) is 23.2 Å². The van der Waals surface area contributed by atoms with Crippen molar-refractivity contribution in [3.63, 3.8) is 0 Å². The molecule has 192 valence electrons. The molecule has 1 atom stereocenters. The molecule has 2 rings (SSSR count). The second-order valence-corrected chi connectivity index (χ2v) is 12.1. The van der Waals surface area contributed by atoms with Gasteiger partial charge >= 0.3 is 0 Å². The molecule has 0 spiro atoms. The van der Waals surface area contributed by atoms with Gasteiger partial charge in [0.2, 0.25) is 21.8 Å². The molecule has 0 aromatic heterocycles. The van der Waals surface area contributed by atoms with E-state index >= 15 is 0 Å². The summed E-state index contributed by atoms with van der Waals surface area (Å²) in [5.41, 5.74) is 1.05. The molecular formula is C24H30Cl2IN3O4S. The number of hydrogen-bond donors (Lipinski definition) is 1. The predicted molar refractivity (Wildman–Crippen MR) is 150 cm³/mol. The Labute approximate surface area is 231 Å². The number of sulfonamides is 1. The van der Waals surface area contributed by atoms with Crippen LogP contribution in [0.2, 0.25) is 10.0 Å². The van der Waals surface area contributed by atoms with Gasteiger partial charge in [-0.2, -0.15) is 0 Å². The van der Waals surface area contributed by atoms with E-state index in [9.17, 15) is 18.0 Å². The molecule has 0 saturated heterocycles. The lowest BCUT2D eigenvalue weighted by Gasteiger charge is -2.33. The Morgan fingerprint density at radius 1 is 1.06 bits per heavy atom. The lowest BCUT2D eigenvalue weighted by molar-refractivity contribution is -0.140. The summed E-state index contributed by atoms with van der Waals surface area (Å²) in [5.74, 6) is -0.785. The highest BCUT2D eigenvalue weighted by atomic mass is 127. The highest BCUT2D eigenvalue weighted by Gasteiger charge is 2.31. The molecular weight excluding hydrogens is 624 g/mol. The molecule has 0 aliphatic rings. The molecule has 7 nitrogen and oxygen atoms in total. The van der Waals surface area contributed by atoms with E-state index in [0.717, 1.165) is 27.0 Å². The Balaban J connectivity index is 2.41. The lowest BCUT2D eigenvalue weighted by Crippen LogP contribution is -2.52. The van der Waals surface area contributed by atoms with E-state index < -0.39 is 28.5 Å². The minimum absolute atomic E-state index is 0.0692. The van der Waals surface area contributed by atoms with Gasteiger partial charge in [0.1, 0.15) is 12.6 Å². The van der Waals surface area contributed by atoms with Gasteiger partial charge in [-0.1, -0.05) is 49.5 Å². The minimum atomic E-state index is -3.77. The molecule has 0 aliphatic carbocycles. The fraction of sp³-hybridized carbons (Fsp3) is 0.417. The molecule has 1 N–H and O–H groups in total. The third kappa shape index (κ3) is 8.80. The summed E-state index contributed by atoms with van der Waals surface area (Å²) >= 11 is 14.3. The third-order valence-electron chi connectivity index (χ3n) is 5.35. The maximum Gasteiger partial charge on any atom is 0.244 e. The topological polar surface area (TPSA) is 86.8 Å². The van der Waals surface area contributed by atoms with Crippen molar-refractivity contribution < 1.29 is 18.0 Å². The summed E-state index contributed by atoms with van der Waals surface area (Å²) in [6.45, 7) is 3.96. The van der Waals surface area contributed by atoms with Gasteiger partial charge in [0.05, 0.1) is 22.0 Å². The number of nitrogens with one attached hydrogen (secondary N) is 1. The van der Waals surface area contributed by atoms with Gasteiger partial charge in [0, 0.05) is 16.7 Å². The Bertz CT molecular complexity index is 1130. The first-order valence-electron chi connectivity index (χ1n) is 11.2. The smallest absolute Gasteiger partial charge is 0.244 e. The number of nitrogens with zero attached hydrogens (tertiary/aromatic N) is 2. The first-order valence-corrected chi connectivity index (χ1v) is 14.9. The van der Waals surface area contributed by atoms with Gasteiger partial charge in [-0.05, 0) is 77.4 Å². The van der Waals surface area contributed by atoms with Gasteiger partial charge < -0.3 is 10.2 Å². The molecule has 0 saturated carbocycles. The largest absolute Gasteiger partial charge is 0.354 e. The highest BCUT2D eigenvalue weighted by Crippen LogP contribution is 2.25. The zero-order chi connectivity index (χ0) is 26.2. The number of carbonyl (C=O) groups excluding carboxylic acids is 2. The normalized spacial score (nSPS) is 12.2. The first kappa shape index (κ1) is 29.7. The van der Waals surface area contributed by atoms with Crippen LogP contribution in [0.5, 0.6) is 0 Å². The highest BCUT2D eigenvalue weighted by molar-refractivity contribution is 14.1. The number of hydrogen-bond acceptors (Lipinski definition) is 4. The van der Waals surface area contributed by atoms with E-state index in [1.807, 2.05) is 13.8 Å². The lowest BCUT2D eigenvalue weighted by atomic mass is 10.1. The predicted octanol–water partition coefficient (Wildman–Crippen LogP) is 5.09. The average Bonchev–Trinajstić information content (AvgIpc) is 2.79. The van der Waals surface area contributed by atoms with E-state index in [2.05, 4.69) is 27.9 Å². The quantitative estimate of drug-likeness (QED) is 0.256. The van der Waals surface area contributed by atoms with Crippen molar-refractivity contribution in [1.82, 2.24) is 10.2 Å². The molecule has 0 bridgehead atoms. The molecule has 2 amide bonds. The molecule has 35 heavy (non-hydrogen) atoms. The summed E-state index contributed by atoms with van der Waals surface area (Å²) in [7, 11) is -3.77. The summed E-state index contributed by atoms with van der Waals surface area (Å²) in [4.78, 5) is 28.0. The number of amides is 2. The van der Waals surface area contributed by atoms with Gasteiger partial charge in [-0.25, -0.2) is 8.42 Å². The van der Waals surface area contributed by atoms with E-state index in [1.165, 1.54) is 4.90 Å². The molecule has 11 heteroatoms. The second kappa shape index (κ2) is 13.7. The van der Waals surface area contributed by atoms with Crippen molar-refractivity contribution in [2.24, 2.45) is 0 Å². The maximum absolute atomic E-state index is 13.6. The van der Waals surface area contributed by atoms with Crippen molar-refractivity contribution in [2.75, 3.05) is 23.7 Å². The van der Waals surface area contributed by atoms with Crippen LogP contribution in [0.1, 0.15) is 38.7 Å². The zero-order valence-electron chi connectivity index (χ0n) is 19.9. The van der Waals surface area contributed by atoms with Crippen LogP contribution in [-0.4, -0.2) is 50.5 Å². The van der Waals surface area contributed by atoms with Crippen LogP contribution >= 0.6 is 45.8 Å². The third-order valence-corrected chi connectivity index (χ3v) is 7.94. The van der Waals surface area contributed by atoms with Crippen LogP contribution in [0.25, 0.3) is 0 Å². The summed E-state index contributed by atoms with van der Waals surface area (Å²) in [6.07, 6.45) is 3.14. The fourth-order valence-corrected chi connectivity index (χ4v) is 5.01. The molecule has 0 fully saturated rings. The van der Waals surface area contributed by atoms with Crippen molar-refractivity contribution in [2.45, 2.75) is 45.7 Å². The van der Waals surface area contributed by atoms with Crippen LogP contribution < -0.4 is 9.62 Å². The van der Waals surface area contributed by atoms with Gasteiger partial charge in [-0.15, -0.1) is 0 Å². The van der Waals surface area contributed by atoms with E-state index in [1.54, 1.807) is 42.5 Å². The van der Waals surface area contributed by atoms with E-state index in [0.29, 0.717) is 34.3 Å². The van der Waals surface area contributed by atoms with Crippen molar-refractivity contribution in [1.29, 1.82) is 0 Å². The van der Waals surface area contributed by atoms with Crippen LogP contribution in [0.3, 0.4) is 0 Å². The van der Waals surface area contributed by atoms with Gasteiger partial charge in [0.25, 0.3) is 0 Å². The second-order valence-electron chi connectivity index (χ2n) is 8.08. The average molecular weight is 654 g/mol. The first-order chi connectivity index (χ1) is 16.5. The SMILES string of the molecule is CCCCNC(=O)C(CC)N(Cc1ccc(Cl)c(Cl)c1)C(=O)CN(c1ccc(I)cc1)S(C)(=O)=O. The Morgan fingerprint density at radius 3 is 2.26 bits per heavy atom. The van der Waals surface area contributed by atoms with Crippen molar-refractivity contribution in [3.8, 4) is 0 Å². The standard InChI is InChI=1S/C24H30Cl2IN3O4S/c1-4-6-13-28-24(32)22(5-2)29(15-17-7-12-20(25)21(26)14-17)23(31)16-30(35(3,33)34)19-10-8-18(27)9-11-19/h7-12,14,22H,4-6,13,15-16H2,1-3H3,(H,28,32). The Hall–Kier alpha value is -1.56. The number of benzene rings is 2.